The second-order valence-electron chi connectivity index (χ2n) is 10.3. The number of piperidine rings is 1. The van der Waals surface area contributed by atoms with E-state index in [2.05, 4.69) is 41.4 Å². The van der Waals surface area contributed by atoms with Gasteiger partial charge in [-0.25, -0.2) is 9.78 Å². The molecule has 1 aliphatic carbocycles. The van der Waals surface area contributed by atoms with Gasteiger partial charge in [0.15, 0.2) is 0 Å². The monoisotopic (exact) mass is 529 g/mol. The molecule has 2 amide bonds. The molecule has 6 nitrogen and oxygen atoms in total. The smallest absolute Gasteiger partial charge is 0.317 e. The average Bonchev–Trinajstić information content (AvgIpc) is 3.57. The molecule has 1 atom stereocenters. The number of carbonyl (C=O) groups is 1. The standard InChI is InChI=1S/C31H35N3O3S/c1-4-6-22-17-23(9-12-28(22)37-20(2)3)30-32-18-29(38-30)26-8-5-7-25-24(26)10-11-27(25)33-31(36)34-15-13-21(19-35)14-16-34/h5,7-9,12,17-18,20-21,27,35H,10-11,13-16,19H2,1-3H3,(H,33,36)/t27-/m0/s1. The van der Waals surface area contributed by atoms with Gasteiger partial charge in [-0.3, -0.25) is 0 Å². The van der Waals surface area contributed by atoms with Crippen LogP contribution in [-0.4, -0.2) is 46.8 Å². The number of aromatic nitrogens is 1. The maximum absolute atomic E-state index is 13.0. The number of amides is 2. The Kier molecular flexibility index (Phi) is 8.01. The van der Waals surface area contributed by atoms with Crippen LogP contribution in [0.15, 0.2) is 42.6 Å². The summed E-state index contributed by atoms with van der Waals surface area (Å²) in [5.74, 6) is 7.26. The predicted octanol–water partition coefficient (Wildman–Crippen LogP) is 6.04. The van der Waals surface area contributed by atoms with Crippen molar-refractivity contribution in [2.45, 2.75) is 58.6 Å². The number of hydrogen-bond donors (Lipinski definition) is 2. The van der Waals surface area contributed by atoms with Crippen LogP contribution in [0.1, 0.15) is 62.8 Å². The molecule has 1 aromatic heterocycles. The molecule has 0 unspecified atom stereocenters. The number of fused-ring (bicyclic) bond motifs is 1. The number of carbonyl (C=O) groups excluding carboxylic acids is 1. The Bertz CT molecular complexity index is 1360. The number of urea groups is 1. The van der Waals surface area contributed by atoms with Crippen molar-refractivity contribution in [3.63, 3.8) is 0 Å². The van der Waals surface area contributed by atoms with Crippen LogP contribution in [0.25, 0.3) is 21.0 Å². The van der Waals surface area contributed by atoms with Crippen molar-refractivity contribution in [3.8, 4) is 38.6 Å². The van der Waals surface area contributed by atoms with E-state index in [-0.39, 0.29) is 24.8 Å². The Labute approximate surface area is 229 Å². The number of rotatable bonds is 6. The van der Waals surface area contributed by atoms with E-state index >= 15 is 0 Å². The highest BCUT2D eigenvalue weighted by molar-refractivity contribution is 7.18. The highest BCUT2D eigenvalue weighted by Crippen LogP contribution is 2.41. The lowest BCUT2D eigenvalue weighted by molar-refractivity contribution is 0.135. The van der Waals surface area contributed by atoms with E-state index in [1.54, 1.807) is 11.3 Å². The van der Waals surface area contributed by atoms with Crippen LogP contribution >= 0.6 is 11.3 Å². The third-order valence-corrected chi connectivity index (χ3v) is 8.43. The van der Waals surface area contributed by atoms with Gasteiger partial charge in [-0.15, -0.1) is 17.3 Å². The number of ether oxygens (including phenoxy) is 1. The first-order valence-electron chi connectivity index (χ1n) is 13.4. The summed E-state index contributed by atoms with van der Waals surface area (Å²) < 4.78 is 5.94. The number of nitrogens with zero attached hydrogens (tertiary/aromatic N) is 2. The van der Waals surface area contributed by atoms with Crippen molar-refractivity contribution in [1.82, 2.24) is 15.2 Å². The summed E-state index contributed by atoms with van der Waals surface area (Å²) in [5.41, 5.74) is 5.59. The molecule has 0 bridgehead atoms. The molecule has 2 aliphatic rings. The number of thiazole rings is 1. The molecule has 0 spiro atoms. The number of nitrogens with one attached hydrogen (secondary N) is 1. The van der Waals surface area contributed by atoms with Gasteiger partial charge in [-0.05, 0) is 87.3 Å². The van der Waals surface area contributed by atoms with Gasteiger partial charge in [0.25, 0.3) is 0 Å². The topological polar surface area (TPSA) is 74.7 Å². The van der Waals surface area contributed by atoms with Crippen molar-refractivity contribution in [2.24, 2.45) is 5.92 Å². The minimum Gasteiger partial charge on any atom is -0.490 e. The summed E-state index contributed by atoms with van der Waals surface area (Å²) in [6.07, 6.45) is 5.58. The predicted molar refractivity (Wildman–Crippen MR) is 152 cm³/mol. The van der Waals surface area contributed by atoms with Crippen LogP contribution < -0.4 is 10.1 Å². The van der Waals surface area contributed by atoms with E-state index < -0.39 is 0 Å². The second-order valence-corrected chi connectivity index (χ2v) is 11.3. The number of likely N-dealkylation sites (tertiary alicyclic amines) is 1. The first-order valence-corrected chi connectivity index (χ1v) is 14.3. The van der Waals surface area contributed by atoms with Gasteiger partial charge in [0.2, 0.25) is 0 Å². The van der Waals surface area contributed by atoms with Crippen molar-refractivity contribution in [1.29, 1.82) is 0 Å². The number of benzene rings is 2. The number of hydrogen-bond acceptors (Lipinski definition) is 5. The molecule has 1 saturated heterocycles. The SMILES string of the molecule is CC#Cc1cc(-c2ncc(-c3cccc4c3CC[C@@H]4NC(=O)N3CCC(CO)CC3)s2)ccc1OC(C)C. The molecule has 2 aromatic carbocycles. The van der Waals surface area contributed by atoms with Crippen molar-refractivity contribution >= 4 is 17.4 Å². The third kappa shape index (κ3) is 5.57. The lowest BCUT2D eigenvalue weighted by Crippen LogP contribution is -2.45. The minimum atomic E-state index is 0.000551. The van der Waals surface area contributed by atoms with E-state index in [1.807, 2.05) is 44.0 Å². The lowest BCUT2D eigenvalue weighted by atomic mass is 9.98. The Morgan fingerprint density at radius 1 is 1.24 bits per heavy atom. The first kappa shape index (κ1) is 26.3. The fourth-order valence-electron chi connectivity index (χ4n) is 5.38. The fourth-order valence-corrected chi connectivity index (χ4v) is 6.34. The molecule has 0 saturated carbocycles. The summed E-state index contributed by atoms with van der Waals surface area (Å²) in [5, 5.41) is 13.6. The molecular formula is C31H35N3O3S. The number of aliphatic hydroxyl groups is 1. The van der Waals surface area contributed by atoms with Crippen LogP contribution in [0, 0.1) is 17.8 Å². The third-order valence-electron chi connectivity index (χ3n) is 7.35. The van der Waals surface area contributed by atoms with E-state index in [0.717, 1.165) is 52.4 Å². The van der Waals surface area contributed by atoms with Crippen LogP contribution in [0.3, 0.4) is 0 Å². The minimum absolute atomic E-state index is 0.000551. The van der Waals surface area contributed by atoms with Gasteiger partial charge in [0.1, 0.15) is 10.8 Å². The Balaban J connectivity index is 1.34. The molecule has 0 radical (unpaired) electrons. The van der Waals surface area contributed by atoms with E-state index in [9.17, 15) is 9.90 Å². The molecule has 3 aromatic rings. The zero-order chi connectivity index (χ0) is 26.6. The van der Waals surface area contributed by atoms with Gasteiger partial charge < -0.3 is 20.1 Å². The van der Waals surface area contributed by atoms with Gasteiger partial charge in [-0.2, -0.15) is 0 Å². The number of aliphatic hydroxyl groups excluding tert-OH is 1. The van der Waals surface area contributed by atoms with Gasteiger partial charge in [-0.1, -0.05) is 24.1 Å². The van der Waals surface area contributed by atoms with E-state index in [4.69, 9.17) is 9.72 Å². The molecule has 2 heterocycles. The van der Waals surface area contributed by atoms with Crippen LogP contribution in [0.4, 0.5) is 4.79 Å². The molecule has 1 aliphatic heterocycles. The molecular weight excluding hydrogens is 494 g/mol. The molecule has 2 N–H and O–H groups in total. The van der Waals surface area contributed by atoms with Crippen LogP contribution in [-0.2, 0) is 6.42 Å². The summed E-state index contributed by atoms with van der Waals surface area (Å²) in [6.45, 7) is 7.48. The quantitative estimate of drug-likeness (QED) is 0.382. The summed E-state index contributed by atoms with van der Waals surface area (Å²) in [6, 6.07) is 12.5. The van der Waals surface area contributed by atoms with E-state index in [0.29, 0.717) is 19.0 Å². The Morgan fingerprint density at radius 3 is 2.79 bits per heavy atom. The second kappa shape index (κ2) is 11.6. The summed E-state index contributed by atoms with van der Waals surface area (Å²) >= 11 is 1.68. The highest BCUT2D eigenvalue weighted by atomic mass is 32.1. The van der Waals surface area contributed by atoms with Crippen LogP contribution in [0.5, 0.6) is 5.75 Å². The van der Waals surface area contributed by atoms with Gasteiger partial charge >= 0.3 is 6.03 Å². The van der Waals surface area contributed by atoms with Crippen molar-refractivity contribution in [2.75, 3.05) is 19.7 Å². The Morgan fingerprint density at radius 2 is 2.05 bits per heavy atom. The van der Waals surface area contributed by atoms with Gasteiger partial charge in [0.05, 0.1) is 22.6 Å². The zero-order valence-corrected chi connectivity index (χ0v) is 23.1. The molecule has 5 rings (SSSR count). The van der Waals surface area contributed by atoms with E-state index in [1.165, 1.54) is 16.7 Å². The molecule has 7 heteroatoms. The van der Waals surface area contributed by atoms with Crippen molar-refractivity contribution in [3.05, 3.63) is 59.3 Å². The first-order chi connectivity index (χ1) is 18.5. The maximum Gasteiger partial charge on any atom is 0.317 e. The molecule has 38 heavy (non-hydrogen) atoms. The van der Waals surface area contributed by atoms with Gasteiger partial charge in [0, 0.05) is 31.5 Å². The Hall–Kier alpha value is -3.34. The maximum atomic E-state index is 13.0. The summed E-state index contributed by atoms with van der Waals surface area (Å²) in [7, 11) is 0. The highest BCUT2D eigenvalue weighted by Gasteiger charge is 2.29. The van der Waals surface area contributed by atoms with Crippen LogP contribution in [0.2, 0.25) is 0 Å². The largest absolute Gasteiger partial charge is 0.490 e. The zero-order valence-electron chi connectivity index (χ0n) is 22.3. The lowest BCUT2D eigenvalue weighted by Gasteiger charge is -2.32. The molecule has 1 fully saturated rings. The fraction of sp³-hybridized carbons (Fsp3) is 0.419. The summed E-state index contributed by atoms with van der Waals surface area (Å²) in [4.78, 5) is 20.7. The average molecular weight is 530 g/mol. The molecule has 198 valence electrons. The normalized spacial score (nSPS) is 17.2. The van der Waals surface area contributed by atoms with Crippen molar-refractivity contribution < 1.29 is 14.6 Å².